The first-order chi connectivity index (χ1) is 8.41. The topological polar surface area (TPSA) is 25.1 Å². The Labute approximate surface area is 106 Å². The molecule has 4 heteroatoms. The summed E-state index contributed by atoms with van der Waals surface area (Å²) in [4.78, 5) is 0. The van der Waals surface area contributed by atoms with Crippen LogP contribution < -0.4 is 0 Å². The van der Waals surface area contributed by atoms with E-state index in [9.17, 15) is 8.78 Å². The van der Waals surface area contributed by atoms with E-state index in [0.29, 0.717) is 12.8 Å². The van der Waals surface area contributed by atoms with Crippen molar-refractivity contribution in [3.05, 3.63) is 0 Å². The molecule has 0 aromatic carbocycles. The SMILES string of the molecule is CC12CC(C3CC(F)C4OC4(C)C3)CC(F)C1O2. The molecule has 0 N–H and O–H groups in total. The summed E-state index contributed by atoms with van der Waals surface area (Å²) in [7, 11) is 0. The molecular weight excluding hydrogens is 238 g/mol. The third-order valence-electron chi connectivity index (χ3n) is 5.60. The Balaban J connectivity index is 1.50. The van der Waals surface area contributed by atoms with Crippen molar-refractivity contribution in [1.82, 2.24) is 0 Å². The Morgan fingerprint density at radius 2 is 1.22 bits per heavy atom. The van der Waals surface area contributed by atoms with Crippen LogP contribution in [0.3, 0.4) is 0 Å². The van der Waals surface area contributed by atoms with Gasteiger partial charge in [0.05, 0.1) is 11.2 Å². The molecule has 8 unspecified atom stereocenters. The van der Waals surface area contributed by atoms with E-state index < -0.39 is 12.3 Å². The zero-order valence-electron chi connectivity index (χ0n) is 10.9. The second-order valence-corrected chi connectivity index (χ2v) is 7.13. The lowest BCUT2D eigenvalue weighted by Gasteiger charge is -2.36. The highest BCUT2D eigenvalue weighted by molar-refractivity contribution is 5.13. The summed E-state index contributed by atoms with van der Waals surface area (Å²) in [6.07, 6.45) is 0.733. The van der Waals surface area contributed by atoms with Gasteiger partial charge in [-0.1, -0.05) is 0 Å². The molecular formula is C14H20F2O2. The van der Waals surface area contributed by atoms with Gasteiger partial charge in [0, 0.05) is 0 Å². The normalized spacial score (nSPS) is 66.0. The minimum Gasteiger partial charge on any atom is -0.363 e. The van der Waals surface area contributed by atoms with Gasteiger partial charge in [0.25, 0.3) is 0 Å². The average molecular weight is 258 g/mol. The number of alkyl halides is 2. The fraction of sp³-hybridized carbons (Fsp3) is 1.00. The summed E-state index contributed by atoms with van der Waals surface area (Å²) in [5.41, 5.74) is -0.535. The van der Waals surface area contributed by atoms with Crippen LogP contribution in [0.25, 0.3) is 0 Å². The zero-order valence-corrected chi connectivity index (χ0v) is 10.9. The smallest absolute Gasteiger partial charge is 0.129 e. The van der Waals surface area contributed by atoms with Gasteiger partial charge in [-0.25, -0.2) is 8.78 Å². The summed E-state index contributed by atoms with van der Waals surface area (Å²) < 4.78 is 38.8. The fourth-order valence-electron chi connectivity index (χ4n) is 4.51. The van der Waals surface area contributed by atoms with Gasteiger partial charge in [0.2, 0.25) is 0 Å². The highest BCUT2D eigenvalue weighted by Crippen LogP contribution is 2.58. The Hall–Kier alpha value is -0.220. The standard InChI is InChI=1S/C14H20F2O2/c1-13-5-7(3-9(15)11(13)17-13)8-4-10(16)12-14(2,6-8)18-12/h7-12H,3-6H2,1-2H3. The molecule has 0 radical (unpaired) electrons. The van der Waals surface area contributed by atoms with Crippen LogP contribution in [0.5, 0.6) is 0 Å². The number of epoxide rings is 2. The minimum absolute atomic E-state index is 0.195. The summed E-state index contributed by atoms with van der Waals surface area (Å²) in [5.74, 6) is 0.507. The van der Waals surface area contributed by atoms with Gasteiger partial charge < -0.3 is 9.47 Å². The Morgan fingerprint density at radius 3 is 1.56 bits per heavy atom. The maximum absolute atomic E-state index is 13.9. The van der Waals surface area contributed by atoms with Crippen LogP contribution in [0.15, 0.2) is 0 Å². The van der Waals surface area contributed by atoms with Crippen LogP contribution in [-0.4, -0.2) is 35.8 Å². The molecule has 2 saturated heterocycles. The van der Waals surface area contributed by atoms with Crippen molar-refractivity contribution in [2.45, 2.75) is 75.3 Å². The van der Waals surface area contributed by atoms with E-state index in [1.54, 1.807) is 0 Å². The van der Waals surface area contributed by atoms with Gasteiger partial charge in [0.1, 0.15) is 24.6 Å². The van der Waals surface area contributed by atoms with Crippen LogP contribution in [0.1, 0.15) is 39.5 Å². The number of ether oxygens (including phenoxy) is 2. The molecule has 0 aromatic heterocycles. The second-order valence-electron chi connectivity index (χ2n) is 7.13. The monoisotopic (exact) mass is 258 g/mol. The van der Waals surface area contributed by atoms with Crippen LogP contribution in [0, 0.1) is 11.8 Å². The van der Waals surface area contributed by atoms with Crippen molar-refractivity contribution >= 4 is 0 Å². The molecule has 8 atom stereocenters. The van der Waals surface area contributed by atoms with E-state index in [1.165, 1.54) is 0 Å². The lowest BCUT2D eigenvalue weighted by molar-refractivity contribution is 0.101. The molecule has 4 aliphatic rings. The van der Waals surface area contributed by atoms with Crippen molar-refractivity contribution in [1.29, 1.82) is 0 Å². The summed E-state index contributed by atoms with van der Waals surface area (Å²) >= 11 is 0. The van der Waals surface area contributed by atoms with E-state index in [4.69, 9.17) is 9.47 Å². The molecule has 0 amide bonds. The third-order valence-corrected chi connectivity index (χ3v) is 5.60. The molecule has 18 heavy (non-hydrogen) atoms. The van der Waals surface area contributed by atoms with Crippen molar-refractivity contribution < 1.29 is 18.3 Å². The highest BCUT2D eigenvalue weighted by atomic mass is 19.1. The largest absolute Gasteiger partial charge is 0.363 e. The lowest BCUT2D eigenvalue weighted by atomic mass is 9.68. The molecule has 2 aliphatic heterocycles. The van der Waals surface area contributed by atoms with Crippen molar-refractivity contribution in [3.63, 3.8) is 0 Å². The first-order valence-corrected chi connectivity index (χ1v) is 7.05. The minimum atomic E-state index is -0.863. The van der Waals surface area contributed by atoms with Gasteiger partial charge in [-0.3, -0.25) is 0 Å². The maximum Gasteiger partial charge on any atom is 0.129 e. The molecule has 102 valence electrons. The molecule has 2 nitrogen and oxygen atoms in total. The van der Waals surface area contributed by atoms with Gasteiger partial charge >= 0.3 is 0 Å². The van der Waals surface area contributed by atoms with Crippen LogP contribution >= 0.6 is 0 Å². The molecule has 0 aromatic rings. The predicted octanol–water partition coefficient (Wildman–Crippen LogP) is 2.80. The van der Waals surface area contributed by atoms with Crippen molar-refractivity contribution in [2.24, 2.45) is 11.8 Å². The number of rotatable bonds is 1. The van der Waals surface area contributed by atoms with E-state index in [2.05, 4.69) is 0 Å². The maximum atomic E-state index is 13.9. The molecule has 2 aliphatic carbocycles. The predicted molar refractivity (Wildman–Crippen MR) is 61.8 cm³/mol. The van der Waals surface area contributed by atoms with E-state index in [-0.39, 0.29) is 35.2 Å². The molecule has 2 heterocycles. The van der Waals surface area contributed by atoms with Gasteiger partial charge in [-0.2, -0.15) is 0 Å². The first-order valence-electron chi connectivity index (χ1n) is 7.05. The second kappa shape index (κ2) is 3.26. The quantitative estimate of drug-likeness (QED) is 0.676. The molecule has 0 spiro atoms. The number of hydrogen-bond acceptors (Lipinski definition) is 2. The zero-order chi connectivity index (χ0) is 12.7. The number of hydrogen-bond donors (Lipinski definition) is 0. The van der Waals surface area contributed by atoms with Crippen molar-refractivity contribution in [2.75, 3.05) is 0 Å². The summed E-state index contributed by atoms with van der Waals surface area (Å²) in [6, 6.07) is 0. The van der Waals surface area contributed by atoms with E-state index in [0.717, 1.165) is 12.8 Å². The van der Waals surface area contributed by atoms with E-state index in [1.807, 2.05) is 13.8 Å². The highest BCUT2D eigenvalue weighted by Gasteiger charge is 2.65. The van der Waals surface area contributed by atoms with Gasteiger partial charge in [-0.05, 0) is 51.4 Å². The molecule has 4 fully saturated rings. The molecule has 0 bridgehead atoms. The molecule has 2 saturated carbocycles. The third kappa shape index (κ3) is 1.51. The summed E-state index contributed by atoms with van der Waals surface area (Å²) in [6.45, 7) is 3.98. The van der Waals surface area contributed by atoms with Crippen LogP contribution in [0.4, 0.5) is 8.78 Å². The van der Waals surface area contributed by atoms with Gasteiger partial charge in [-0.15, -0.1) is 0 Å². The summed E-state index contributed by atoms with van der Waals surface area (Å²) in [5, 5.41) is 0. The Morgan fingerprint density at radius 1 is 0.833 bits per heavy atom. The fourth-order valence-corrected chi connectivity index (χ4v) is 4.51. The first kappa shape index (κ1) is 11.6. The number of halogens is 2. The van der Waals surface area contributed by atoms with Crippen molar-refractivity contribution in [3.8, 4) is 0 Å². The van der Waals surface area contributed by atoms with Gasteiger partial charge in [0.15, 0.2) is 0 Å². The molecule has 4 rings (SSSR count). The average Bonchev–Trinajstić information content (AvgIpc) is 3.12. The van der Waals surface area contributed by atoms with Crippen LogP contribution in [0.2, 0.25) is 0 Å². The number of fused-ring (bicyclic) bond motifs is 2. The Kier molecular flexibility index (Phi) is 2.10. The lowest BCUT2D eigenvalue weighted by Crippen LogP contribution is -2.40. The Bertz CT molecular complexity index is 354. The van der Waals surface area contributed by atoms with Crippen LogP contribution in [-0.2, 0) is 9.47 Å². The van der Waals surface area contributed by atoms with E-state index >= 15 is 0 Å².